The molecule has 12 heteroatoms. The van der Waals surface area contributed by atoms with Crippen molar-refractivity contribution in [2.75, 3.05) is 10.6 Å². The van der Waals surface area contributed by atoms with E-state index in [1.54, 1.807) is 36.4 Å². The van der Waals surface area contributed by atoms with E-state index in [0.29, 0.717) is 11.3 Å². The van der Waals surface area contributed by atoms with Crippen LogP contribution in [0.5, 0.6) is 0 Å². The largest absolute Gasteiger partial charge is 0.437 e. The van der Waals surface area contributed by atoms with E-state index in [2.05, 4.69) is 10.1 Å². The Kier molecular flexibility index (Phi) is 7.11. The molecule has 1 aromatic carbocycles. The number of nitrogens with one attached hydrogen (secondary N) is 1. The molecule has 0 unspecified atom stereocenters. The lowest BCUT2D eigenvalue weighted by Gasteiger charge is -2.24. The zero-order chi connectivity index (χ0) is 24.9. The zero-order valence-electron chi connectivity index (χ0n) is 19.0. The standard InChI is InChI=1S/C23H24N6O5S/c1-2-3-11-27-19(24)18(20(31)25-22(27)32)28(13-15-8-5-4-6-9-15)17(30)14-29-23(33)34-21(26-29)16-10-7-12-35-16/h4-10,12H,2-3,11,13-14,24H2,1H3,(H,25,31,32). The summed E-state index contributed by atoms with van der Waals surface area (Å²) in [5.74, 6) is -1.46. The Morgan fingerprint density at radius 2 is 1.94 bits per heavy atom. The lowest BCUT2D eigenvalue weighted by Crippen LogP contribution is -2.42. The molecule has 4 aromatic rings. The Labute approximate surface area is 203 Å². The average molecular weight is 497 g/mol. The van der Waals surface area contributed by atoms with Gasteiger partial charge >= 0.3 is 11.4 Å². The van der Waals surface area contributed by atoms with Crippen LogP contribution in [0, 0.1) is 0 Å². The van der Waals surface area contributed by atoms with Crippen molar-refractivity contribution >= 4 is 28.7 Å². The van der Waals surface area contributed by atoms with E-state index < -0.39 is 29.5 Å². The Bertz CT molecular complexity index is 1480. The number of amides is 1. The monoisotopic (exact) mass is 496 g/mol. The van der Waals surface area contributed by atoms with Crippen molar-refractivity contribution in [1.82, 2.24) is 19.3 Å². The topological polar surface area (TPSA) is 149 Å². The number of nitrogen functional groups attached to an aromatic ring is 1. The van der Waals surface area contributed by atoms with Gasteiger partial charge in [-0.3, -0.25) is 24.0 Å². The van der Waals surface area contributed by atoms with Gasteiger partial charge in [0.25, 0.3) is 11.4 Å². The van der Waals surface area contributed by atoms with Gasteiger partial charge in [0.1, 0.15) is 12.4 Å². The third-order valence-electron chi connectivity index (χ3n) is 5.33. The van der Waals surface area contributed by atoms with Gasteiger partial charge in [-0.2, -0.15) is 4.68 Å². The molecule has 3 heterocycles. The van der Waals surface area contributed by atoms with Crippen molar-refractivity contribution in [1.29, 1.82) is 0 Å². The maximum Gasteiger partial charge on any atom is 0.437 e. The smallest absolute Gasteiger partial charge is 0.387 e. The molecule has 0 aliphatic rings. The van der Waals surface area contributed by atoms with Crippen molar-refractivity contribution in [2.45, 2.75) is 39.4 Å². The Morgan fingerprint density at radius 3 is 2.63 bits per heavy atom. The van der Waals surface area contributed by atoms with Gasteiger partial charge in [0.05, 0.1) is 11.4 Å². The van der Waals surface area contributed by atoms with Crippen LogP contribution in [0.2, 0.25) is 0 Å². The number of aromatic nitrogens is 4. The summed E-state index contributed by atoms with van der Waals surface area (Å²) in [5.41, 5.74) is 5.37. The normalized spacial score (nSPS) is 11.0. The van der Waals surface area contributed by atoms with Crippen LogP contribution in [-0.2, 0) is 24.4 Å². The summed E-state index contributed by atoms with van der Waals surface area (Å²) >= 11 is 1.34. The first-order chi connectivity index (χ1) is 16.9. The van der Waals surface area contributed by atoms with E-state index in [-0.39, 0.29) is 30.5 Å². The predicted molar refractivity (Wildman–Crippen MR) is 132 cm³/mol. The maximum absolute atomic E-state index is 13.5. The quantitative estimate of drug-likeness (QED) is 0.360. The average Bonchev–Trinajstić information content (AvgIpc) is 3.49. The van der Waals surface area contributed by atoms with Crippen molar-refractivity contribution in [2.24, 2.45) is 0 Å². The number of carbonyl (C=O) groups is 1. The number of hydrogen-bond donors (Lipinski definition) is 2. The number of anilines is 2. The molecule has 0 atom stereocenters. The van der Waals surface area contributed by atoms with Gasteiger partial charge in [-0.15, -0.1) is 16.4 Å². The van der Waals surface area contributed by atoms with Gasteiger partial charge in [-0.1, -0.05) is 49.7 Å². The first-order valence-electron chi connectivity index (χ1n) is 11.0. The van der Waals surface area contributed by atoms with E-state index in [9.17, 15) is 19.2 Å². The zero-order valence-corrected chi connectivity index (χ0v) is 19.8. The van der Waals surface area contributed by atoms with Crippen molar-refractivity contribution in [3.8, 4) is 10.8 Å². The lowest BCUT2D eigenvalue weighted by molar-refractivity contribution is -0.119. The number of thiophene rings is 1. The van der Waals surface area contributed by atoms with E-state index in [0.717, 1.165) is 21.6 Å². The third-order valence-corrected chi connectivity index (χ3v) is 6.18. The number of benzene rings is 1. The van der Waals surface area contributed by atoms with Gasteiger partial charge < -0.3 is 10.2 Å². The highest BCUT2D eigenvalue weighted by molar-refractivity contribution is 7.13. The van der Waals surface area contributed by atoms with Crippen LogP contribution in [0.25, 0.3) is 10.8 Å². The third kappa shape index (κ3) is 5.17. The van der Waals surface area contributed by atoms with E-state index in [1.807, 2.05) is 18.4 Å². The SMILES string of the molecule is CCCCn1c(N)c(N(Cc2ccccc2)C(=O)Cn2nc(-c3cccs3)oc2=O)c(=O)[nH]c1=O. The molecule has 0 spiro atoms. The van der Waals surface area contributed by atoms with Gasteiger partial charge in [0, 0.05) is 6.54 Å². The number of rotatable bonds is 9. The molecule has 182 valence electrons. The molecule has 11 nitrogen and oxygen atoms in total. The van der Waals surface area contributed by atoms with Crippen LogP contribution in [0.3, 0.4) is 0 Å². The molecule has 0 saturated heterocycles. The number of nitrogens with zero attached hydrogens (tertiary/aromatic N) is 4. The number of aromatic amines is 1. The molecule has 0 aliphatic carbocycles. The fraction of sp³-hybridized carbons (Fsp3) is 0.261. The highest BCUT2D eigenvalue weighted by Crippen LogP contribution is 2.22. The van der Waals surface area contributed by atoms with Crippen molar-refractivity contribution in [3.63, 3.8) is 0 Å². The summed E-state index contributed by atoms with van der Waals surface area (Å²) in [6.07, 6.45) is 1.46. The summed E-state index contributed by atoms with van der Waals surface area (Å²) in [6.45, 7) is 1.74. The molecule has 1 amide bonds. The summed E-state index contributed by atoms with van der Waals surface area (Å²) < 4.78 is 7.32. The van der Waals surface area contributed by atoms with Crippen LogP contribution in [0.4, 0.5) is 11.5 Å². The van der Waals surface area contributed by atoms with Crippen LogP contribution in [0.15, 0.2) is 66.6 Å². The second-order valence-corrected chi connectivity index (χ2v) is 8.72. The minimum absolute atomic E-state index is 0.0106. The molecule has 35 heavy (non-hydrogen) atoms. The maximum atomic E-state index is 13.5. The van der Waals surface area contributed by atoms with Gasteiger partial charge in [0.2, 0.25) is 5.91 Å². The Hall–Kier alpha value is -4.19. The molecular weight excluding hydrogens is 472 g/mol. The van der Waals surface area contributed by atoms with Crippen molar-refractivity contribution in [3.05, 3.63) is 84.8 Å². The molecule has 0 saturated carbocycles. The molecule has 3 N–H and O–H groups in total. The number of unbranched alkanes of at least 4 members (excludes halogenated alkanes) is 1. The Morgan fingerprint density at radius 1 is 1.17 bits per heavy atom. The first-order valence-corrected chi connectivity index (χ1v) is 11.9. The number of hydrogen-bond acceptors (Lipinski definition) is 8. The Balaban J connectivity index is 1.74. The molecule has 0 bridgehead atoms. The fourth-order valence-electron chi connectivity index (χ4n) is 3.55. The number of nitrogens with two attached hydrogens (primary N) is 1. The van der Waals surface area contributed by atoms with Crippen LogP contribution in [-0.4, -0.2) is 25.2 Å². The molecule has 0 radical (unpaired) electrons. The second kappa shape index (κ2) is 10.4. The van der Waals surface area contributed by atoms with E-state index >= 15 is 0 Å². The van der Waals surface area contributed by atoms with Gasteiger partial charge in [-0.05, 0) is 23.4 Å². The minimum Gasteiger partial charge on any atom is -0.387 e. The molecular formula is C23H24N6O5S. The summed E-state index contributed by atoms with van der Waals surface area (Å²) in [5, 5.41) is 5.93. The summed E-state index contributed by atoms with van der Waals surface area (Å²) in [6, 6.07) is 12.5. The van der Waals surface area contributed by atoms with Gasteiger partial charge in [0.15, 0.2) is 5.69 Å². The molecule has 4 rings (SSSR count). The lowest BCUT2D eigenvalue weighted by atomic mass is 10.2. The first kappa shape index (κ1) is 24.0. The van der Waals surface area contributed by atoms with E-state index in [1.165, 1.54) is 15.9 Å². The predicted octanol–water partition coefficient (Wildman–Crippen LogP) is 2.03. The van der Waals surface area contributed by atoms with Crippen LogP contribution in [0.1, 0.15) is 25.3 Å². The second-order valence-electron chi connectivity index (χ2n) is 7.77. The molecule has 0 fully saturated rings. The number of carbonyl (C=O) groups excluding carboxylic acids is 1. The summed E-state index contributed by atoms with van der Waals surface area (Å²) in [7, 11) is 0. The fourth-order valence-corrected chi connectivity index (χ4v) is 4.20. The highest BCUT2D eigenvalue weighted by atomic mass is 32.1. The van der Waals surface area contributed by atoms with Crippen LogP contribution >= 0.6 is 11.3 Å². The summed E-state index contributed by atoms with van der Waals surface area (Å²) in [4.78, 5) is 55.1. The highest BCUT2D eigenvalue weighted by Gasteiger charge is 2.26. The van der Waals surface area contributed by atoms with Gasteiger partial charge in [-0.25, -0.2) is 9.59 Å². The number of H-pyrrole nitrogens is 1. The van der Waals surface area contributed by atoms with Crippen LogP contribution < -0.4 is 27.6 Å². The van der Waals surface area contributed by atoms with E-state index in [4.69, 9.17) is 10.2 Å². The molecule has 0 aliphatic heterocycles. The minimum atomic E-state index is -0.809. The molecule has 3 aromatic heterocycles. The van der Waals surface area contributed by atoms with Crippen molar-refractivity contribution < 1.29 is 9.21 Å².